The normalized spacial score (nSPS) is 17.4. The van der Waals surface area contributed by atoms with Crippen LogP contribution in [0.5, 0.6) is 11.6 Å². The van der Waals surface area contributed by atoms with Gasteiger partial charge in [-0.2, -0.15) is 4.98 Å². The Labute approximate surface area is 227 Å². The van der Waals surface area contributed by atoms with Gasteiger partial charge < -0.3 is 19.9 Å². The van der Waals surface area contributed by atoms with Gasteiger partial charge in [0.05, 0.1) is 0 Å². The van der Waals surface area contributed by atoms with Crippen LogP contribution in [0.3, 0.4) is 0 Å². The first kappa shape index (κ1) is 25.1. The summed E-state index contributed by atoms with van der Waals surface area (Å²) in [4.78, 5) is 26.7. The number of carbonyl (C=O) groups is 1. The van der Waals surface area contributed by atoms with Crippen molar-refractivity contribution >= 4 is 34.0 Å². The van der Waals surface area contributed by atoms with Crippen LogP contribution >= 0.6 is 0 Å². The van der Waals surface area contributed by atoms with Crippen LogP contribution in [0.1, 0.15) is 49.4 Å². The maximum atomic E-state index is 14.5. The van der Waals surface area contributed by atoms with Crippen LogP contribution in [-0.2, 0) is 0 Å². The van der Waals surface area contributed by atoms with E-state index in [1.54, 1.807) is 18.3 Å². The first-order valence-electron chi connectivity index (χ1n) is 13.7. The molecule has 0 radical (unpaired) electrons. The Bertz CT molecular complexity index is 1500. The van der Waals surface area contributed by atoms with E-state index in [0.29, 0.717) is 34.9 Å². The van der Waals surface area contributed by atoms with Gasteiger partial charge in [-0.1, -0.05) is 24.3 Å². The molecule has 3 aromatic carbocycles. The number of amides is 1. The molecule has 1 atom stereocenters. The van der Waals surface area contributed by atoms with Crippen molar-refractivity contribution in [1.29, 1.82) is 0 Å². The predicted octanol–water partition coefficient (Wildman–Crippen LogP) is 6.79. The maximum Gasteiger partial charge on any atom is 0.255 e. The molecule has 6 rings (SSSR count). The van der Waals surface area contributed by atoms with Gasteiger partial charge in [-0.05, 0) is 69.4 Å². The number of benzene rings is 3. The topological polar surface area (TPSA) is 70.6 Å². The van der Waals surface area contributed by atoms with Crippen molar-refractivity contribution in [3.63, 3.8) is 0 Å². The standard InChI is InChI=1S/C31H32FN5O2/c1-21-8-7-17-37(21)31-33-14-13-29(35-31)39-28-12-11-27(25-9-3-4-10-26(25)28)34-30(38)22-18-23(32)20-24(19-22)36-15-5-2-6-16-36/h3-4,9-14,18-21H,2,5-8,15-17H2,1H3,(H,34,38). The number of ether oxygens (including phenoxy) is 1. The van der Waals surface area contributed by atoms with E-state index in [1.165, 1.54) is 18.6 Å². The van der Waals surface area contributed by atoms with Gasteiger partial charge in [-0.3, -0.25) is 4.79 Å². The van der Waals surface area contributed by atoms with Gasteiger partial charge >= 0.3 is 0 Å². The van der Waals surface area contributed by atoms with Gasteiger partial charge in [-0.15, -0.1) is 0 Å². The molecule has 2 aliphatic heterocycles. The summed E-state index contributed by atoms with van der Waals surface area (Å²) >= 11 is 0. The summed E-state index contributed by atoms with van der Waals surface area (Å²) in [6.45, 7) is 4.87. The third kappa shape index (κ3) is 5.37. The summed E-state index contributed by atoms with van der Waals surface area (Å²) in [5.41, 5.74) is 1.67. The summed E-state index contributed by atoms with van der Waals surface area (Å²) in [7, 11) is 0. The molecule has 1 unspecified atom stereocenters. The van der Waals surface area contributed by atoms with E-state index in [-0.39, 0.29) is 5.91 Å². The second kappa shape index (κ2) is 10.9. The zero-order chi connectivity index (χ0) is 26.8. The van der Waals surface area contributed by atoms with Crippen molar-refractivity contribution in [2.45, 2.75) is 45.1 Å². The number of hydrogen-bond donors (Lipinski definition) is 1. The molecule has 7 nitrogen and oxygen atoms in total. The Morgan fingerprint density at radius 1 is 0.974 bits per heavy atom. The average Bonchev–Trinajstić information content (AvgIpc) is 3.40. The van der Waals surface area contributed by atoms with E-state index in [4.69, 9.17) is 4.74 Å². The molecule has 2 saturated heterocycles. The van der Waals surface area contributed by atoms with Crippen molar-refractivity contribution in [2.75, 3.05) is 34.8 Å². The SMILES string of the molecule is CC1CCCN1c1nccc(Oc2ccc(NC(=O)c3cc(F)cc(N4CCCCC4)c3)c3ccccc23)n1. The molecule has 0 spiro atoms. The van der Waals surface area contributed by atoms with Crippen LogP contribution < -0.4 is 19.9 Å². The van der Waals surface area contributed by atoms with E-state index in [9.17, 15) is 9.18 Å². The zero-order valence-electron chi connectivity index (χ0n) is 22.1. The molecule has 1 aromatic heterocycles. The lowest BCUT2D eigenvalue weighted by Gasteiger charge is -2.29. The number of nitrogens with zero attached hydrogens (tertiary/aromatic N) is 4. The fourth-order valence-corrected chi connectivity index (χ4v) is 5.57. The third-order valence-electron chi connectivity index (χ3n) is 7.64. The monoisotopic (exact) mass is 525 g/mol. The average molecular weight is 526 g/mol. The number of anilines is 3. The van der Waals surface area contributed by atoms with Crippen LogP contribution in [-0.4, -0.2) is 41.6 Å². The number of carbonyl (C=O) groups excluding carboxylic acids is 1. The van der Waals surface area contributed by atoms with Crippen molar-refractivity contribution < 1.29 is 13.9 Å². The number of aromatic nitrogens is 2. The zero-order valence-corrected chi connectivity index (χ0v) is 22.1. The van der Waals surface area contributed by atoms with Crippen LogP contribution in [0.15, 0.2) is 66.9 Å². The quantitative estimate of drug-likeness (QED) is 0.299. The lowest BCUT2D eigenvalue weighted by Crippen LogP contribution is -2.29. The molecule has 200 valence electrons. The Balaban J connectivity index is 1.25. The van der Waals surface area contributed by atoms with Crippen molar-refractivity contribution in [3.05, 3.63) is 78.2 Å². The number of rotatable bonds is 6. The molecule has 1 N–H and O–H groups in total. The first-order chi connectivity index (χ1) is 19.0. The lowest BCUT2D eigenvalue weighted by molar-refractivity contribution is 0.102. The third-order valence-corrected chi connectivity index (χ3v) is 7.64. The minimum atomic E-state index is -0.413. The molecule has 0 saturated carbocycles. The molecule has 2 fully saturated rings. The largest absolute Gasteiger partial charge is 0.438 e. The Hall–Kier alpha value is -4.20. The maximum absolute atomic E-state index is 14.5. The number of halogens is 1. The second-order valence-electron chi connectivity index (χ2n) is 10.3. The summed E-state index contributed by atoms with van der Waals surface area (Å²) in [5, 5.41) is 4.64. The fourth-order valence-electron chi connectivity index (χ4n) is 5.57. The Morgan fingerprint density at radius 2 is 1.79 bits per heavy atom. The molecular weight excluding hydrogens is 493 g/mol. The van der Waals surface area contributed by atoms with E-state index >= 15 is 0 Å². The van der Waals surface area contributed by atoms with Crippen molar-refractivity contribution in [2.24, 2.45) is 0 Å². The molecule has 39 heavy (non-hydrogen) atoms. The molecule has 3 heterocycles. The molecule has 0 aliphatic carbocycles. The van der Waals surface area contributed by atoms with Gasteiger partial charge in [0, 0.05) is 65.6 Å². The summed E-state index contributed by atoms with van der Waals surface area (Å²) in [6.07, 6.45) is 7.31. The van der Waals surface area contributed by atoms with Gasteiger partial charge in [0.1, 0.15) is 11.6 Å². The highest BCUT2D eigenvalue weighted by molar-refractivity contribution is 6.10. The highest BCUT2D eigenvalue weighted by Crippen LogP contribution is 2.35. The van der Waals surface area contributed by atoms with Crippen molar-refractivity contribution in [3.8, 4) is 11.6 Å². The molecular formula is C31H32FN5O2. The number of piperidine rings is 1. The van der Waals surface area contributed by atoms with E-state index in [0.717, 1.165) is 61.8 Å². The fraction of sp³-hybridized carbons (Fsp3) is 0.323. The summed E-state index contributed by atoms with van der Waals surface area (Å²) in [5.74, 6) is 0.993. The van der Waals surface area contributed by atoms with Crippen LogP contribution in [0.25, 0.3) is 10.8 Å². The van der Waals surface area contributed by atoms with Gasteiger partial charge in [0.25, 0.3) is 5.91 Å². The number of hydrogen-bond acceptors (Lipinski definition) is 6. The van der Waals surface area contributed by atoms with Crippen molar-refractivity contribution in [1.82, 2.24) is 9.97 Å². The van der Waals surface area contributed by atoms with Gasteiger partial charge in [0.15, 0.2) is 0 Å². The molecule has 8 heteroatoms. The van der Waals surface area contributed by atoms with Crippen LogP contribution in [0.2, 0.25) is 0 Å². The van der Waals surface area contributed by atoms with Gasteiger partial charge in [-0.25, -0.2) is 9.37 Å². The minimum absolute atomic E-state index is 0.296. The highest BCUT2D eigenvalue weighted by Gasteiger charge is 2.23. The predicted molar refractivity (Wildman–Crippen MR) is 153 cm³/mol. The molecule has 1 amide bonds. The summed E-state index contributed by atoms with van der Waals surface area (Å²) in [6, 6.07) is 18.1. The van der Waals surface area contributed by atoms with E-state index < -0.39 is 5.82 Å². The lowest BCUT2D eigenvalue weighted by atomic mass is 10.1. The minimum Gasteiger partial charge on any atom is -0.438 e. The highest BCUT2D eigenvalue weighted by atomic mass is 19.1. The molecule has 2 aliphatic rings. The Morgan fingerprint density at radius 3 is 2.59 bits per heavy atom. The number of fused-ring (bicyclic) bond motifs is 1. The smallest absolute Gasteiger partial charge is 0.255 e. The molecule has 4 aromatic rings. The first-order valence-corrected chi connectivity index (χ1v) is 13.7. The van der Waals surface area contributed by atoms with Crippen LogP contribution in [0, 0.1) is 5.82 Å². The Kier molecular flexibility index (Phi) is 7.00. The summed E-state index contributed by atoms with van der Waals surface area (Å²) < 4.78 is 20.7. The van der Waals surface area contributed by atoms with Crippen LogP contribution in [0.4, 0.5) is 21.7 Å². The molecule has 0 bridgehead atoms. The van der Waals surface area contributed by atoms with E-state index in [1.807, 2.05) is 36.4 Å². The van der Waals surface area contributed by atoms with E-state index in [2.05, 4.69) is 32.0 Å². The number of nitrogens with one attached hydrogen (secondary N) is 1. The van der Waals surface area contributed by atoms with Gasteiger partial charge in [0.2, 0.25) is 11.8 Å². The second-order valence-corrected chi connectivity index (χ2v) is 10.3.